The molecule has 0 aromatic heterocycles. The van der Waals surface area contributed by atoms with Gasteiger partial charge in [-0.2, -0.15) is 0 Å². The molecule has 2 aromatic rings. The number of nitrogens with one attached hydrogen (secondary N) is 1. The Bertz CT molecular complexity index is 760. The number of hydrogen-bond donors (Lipinski definition) is 1. The highest BCUT2D eigenvalue weighted by molar-refractivity contribution is 6.30. The number of urea groups is 1. The number of imide groups is 1. The molecule has 3 rings (SSSR count). The summed E-state index contributed by atoms with van der Waals surface area (Å²) in [7, 11) is 0. The minimum absolute atomic E-state index is 0.226. The monoisotopic (exact) mass is 328 g/mol. The fourth-order valence-electron chi connectivity index (χ4n) is 2.83. The van der Waals surface area contributed by atoms with Crippen molar-refractivity contribution in [3.8, 4) is 0 Å². The molecule has 1 unspecified atom stereocenters. The van der Waals surface area contributed by atoms with Crippen LogP contribution in [-0.2, 0) is 17.6 Å². The molecule has 2 aromatic carbocycles. The molecule has 0 spiro atoms. The first-order valence-electron chi connectivity index (χ1n) is 7.57. The van der Waals surface area contributed by atoms with Crippen LogP contribution in [0.1, 0.15) is 18.1 Å². The molecule has 5 heteroatoms. The summed E-state index contributed by atoms with van der Waals surface area (Å²) in [5.74, 6) is -0.226. The van der Waals surface area contributed by atoms with Crippen LogP contribution in [0.3, 0.4) is 0 Å². The molecule has 1 saturated heterocycles. The molecule has 118 valence electrons. The highest BCUT2D eigenvalue weighted by Crippen LogP contribution is 2.25. The Morgan fingerprint density at radius 3 is 2.65 bits per heavy atom. The van der Waals surface area contributed by atoms with Gasteiger partial charge in [0.1, 0.15) is 6.04 Å². The maximum absolute atomic E-state index is 12.7. The van der Waals surface area contributed by atoms with Crippen molar-refractivity contribution in [2.24, 2.45) is 0 Å². The standard InChI is InChI=1S/C18H17ClN2O2/c1-2-13-7-3-4-9-16(13)21-17(22)15(20-18(21)23)11-12-6-5-8-14(19)10-12/h3-10,15H,2,11H2,1H3,(H,20,23). The van der Waals surface area contributed by atoms with Gasteiger partial charge >= 0.3 is 6.03 Å². The Morgan fingerprint density at radius 2 is 1.91 bits per heavy atom. The number of aryl methyl sites for hydroxylation is 1. The zero-order valence-electron chi connectivity index (χ0n) is 12.8. The number of anilines is 1. The number of amides is 3. The van der Waals surface area contributed by atoms with Crippen LogP contribution in [-0.4, -0.2) is 18.0 Å². The lowest BCUT2D eigenvalue weighted by molar-refractivity contribution is -0.118. The summed E-state index contributed by atoms with van der Waals surface area (Å²) < 4.78 is 0. The van der Waals surface area contributed by atoms with E-state index in [0.29, 0.717) is 17.1 Å². The summed E-state index contributed by atoms with van der Waals surface area (Å²) in [6, 6.07) is 13.9. The molecule has 1 atom stereocenters. The minimum Gasteiger partial charge on any atom is -0.325 e. The van der Waals surface area contributed by atoms with Crippen molar-refractivity contribution in [3.05, 3.63) is 64.7 Å². The highest BCUT2D eigenvalue weighted by atomic mass is 35.5. The second-order valence-corrected chi connectivity index (χ2v) is 5.93. The second-order valence-electron chi connectivity index (χ2n) is 5.49. The zero-order chi connectivity index (χ0) is 16.4. The van der Waals surface area contributed by atoms with Crippen LogP contribution in [0.5, 0.6) is 0 Å². The molecule has 3 amide bonds. The van der Waals surface area contributed by atoms with Gasteiger partial charge in [-0.25, -0.2) is 9.69 Å². The number of para-hydroxylation sites is 1. The molecule has 1 aliphatic heterocycles. The van der Waals surface area contributed by atoms with Crippen molar-refractivity contribution in [1.82, 2.24) is 5.32 Å². The van der Waals surface area contributed by atoms with E-state index in [1.54, 1.807) is 12.1 Å². The Kier molecular flexibility index (Phi) is 4.35. The van der Waals surface area contributed by atoms with Gasteiger partial charge in [0.05, 0.1) is 5.69 Å². The molecular formula is C18H17ClN2O2. The largest absolute Gasteiger partial charge is 0.329 e. The summed E-state index contributed by atoms with van der Waals surface area (Å²) >= 11 is 5.98. The highest BCUT2D eigenvalue weighted by Gasteiger charge is 2.39. The van der Waals surface area contributed by atoms with Gasteiger partial charge in [0.2, 0.25) is 0 Å². The Balaban J connectivity index is 1.85. The fourth-order valence-corrected chi connectivity index (χ4v) is 3.04. The summed E-state index contributed by atoms with van der Waals surface area (Å²) in [5.41, 5.74) is 2.55. The van der Waals surface area contributed by atoms with Crippen LogP contribution >= 0.6 is 11.6 Å². The molecule has 0 bridgehead atoms. The molecule has 1 N–H and O–H groups in total. The van der Waals surface area contributed by atoms with Crippen LogP contribution in [0.15, 0.2) is 48.5 Å². The lowest BCUT2D eigenvalue weighted by atomic mass is 10.1. The van der Waals surface area contributed by atoms with Gasteiger partial charge in [-0.05, 0) is 35.7 Å². The van der Waals surface area contributed by atoms with Crippen molar-refractivity contribution in [3.63, 3.8) is 0 Å². The van der Waals surface area contributed by atoms with Gasteiger partial charge in [-0.3, -0.25) is 4.79 Å². The summed E-state index contributed by atoms with van der Waals surface area (Å²) in [5, 5.41) is 3.38. The van der Waals surface area contributed by atoms with Crippen LogP contribution < -0.4 is 10.2 Å². The predicted molar refractivity (Wildman–Crippen MR) is 90.8 cm³/mol. The van der Waals surface area contributed by atoms with Gasteiger partial charge in [0.25, 0.3) is 5.91 Å². The Labute approximate surface area is 140 Å². The summed E-state index contributed by atoms with van der Waals surface area (Å²) in [4.78, 5) is 26.2. The number of nitrogens with zero attached hydrogens (tertiary/aromatic N) is 1. The number of rotatable bonds is 4. The lowest BCUT2D eigenvalue weighted by Gasteiger charge is -2.16. The summed E-state index contributed by atoms with van der Waals surface area (Å²) in [6.07, 6.45) is 1.18. The van der Waals surface area contributed by atoms with Crippen LogP contribution in [0, 0.1) is 0 Å². The molecular weight excluding hydrogens is 312 g/mol. The topological polar surface area (TPSA) is 49.4 Å². The van der Waals surface area contributed by atoms with Gasteiger partial charge in [0, 0.05) is 11.4 Å². The van der Waals surface area contributed by atoms with Gasteiger partial charge in [-0.1, -0.05) is 48.9 Å². The van der Waals surface area contributed by atoms with Crippen molar-refractivity contribution in [2.75, 3.05) is 4.90 Å². The van der Waals surface area contributed by atoms with E-state index in [2.05, 4.69) is 5.32 Å². The minimum atomic E-state index is -0.564. The van der Waals surface area contributed by atoms with E-state index in [0.717, 1.165) is 17.5 Å². The summed E-state index contributed by atoms with van der Waals surface area (Å²) in [6.45, 7) is 2.00. The van der Waals surface area contributed by atoms with Crippen LogP contribution in [0.2, 0.25) is 5.02 Å². The van der Waals surface area contributed by atoms with Gasteiger partial charge in [-0.15, -0.1) is 0 Å². The molecule has 1 aliphatic rings. The maximum Gasteiger partial charge on any atom is 0.329 e. The molecule has 23 heavy (non-hydrogen) atoms. The first-order valence-corrected chi connectivity index (χ1v) is 7.94. The first kappa shape index (κ1) is 15.6. The third kappa shape index (κ3) is 3.08. The second kappa shape index (κ2) is 6.42. The third-order valence-electron chi connectivity index (χ3n) is 3.96. The normalized spacial score (nSPS) is 17.5. The average molecular weight is 329 g/mol. The van der Waals surface area contributed by atoms with Crippen molar-refractivity contribution >= 4 is 29.2 Å². The van der Waals surface area contributed by atoms with Gasteiger partial charge in [0.15, 0.2) is 0 Å². The molecule has 0 radical (unpaired) electrons. The zero-order valence-corrected chi connectivity index (χ0v) is 13.5. The third-order valence-corrected chi connectivity index (χ3v) is 4.20. The predicted octanol–water partition coefficient (Wildman–Crippen LogP) is 3.57. The van der Waals surface area contributed by atoms with E-state index in [-0.39, 0.29) is 11.9 Å². The lowest BCUT2D eigenvalue weighted by Crippen LogP contribution is -2.33. The number of halogens is 1. The maximum atomic E-state index is 12.7. The molecule has 1 fully saturated rings. The molecule has 1 heterocycles. The van der Waals surface area contributed by atoms with E-state index in [9.17, 15) is 9.59 Å². The number of carbonyl (C=O) groups is 2. The smallest absolute Gasteiger partial charge is 0.325 e. The van der Waals surface area contributed by atoms with Crippen molar-refractivity contribution < 1.29 is 9.59 Å². The molecule has 4 nitrogen and oxygen atoms in total. The number of benzene rings is 2. The Morgan fingerprint density at radius 1 is 1.13 bits per heavy atom. The van der Waals surface area contributed by atoms with E-state index in [1.807, 2.05) is 43.3 Å². The van der Waals surface area contributed by atoms with E-state index >= 15 is 0 Å². The van der Waals surface area contributed by atoms with Crippen LogP contribution in [0.25, 0.3) is 0 Å². The van der Waals surface area contributed by atoms with Crippen LogP contribution in [0.4, 0.5) is 10.5 Å². The molecule has 0 aliphatic carbocycles. The quantitative estimate of drug-likeness (QED) is 0.872. The number of hydrogen-bond acceptors (Lipinski definition) is 2. The van der Waals surface area contributed by atoms with E-state index in [1.165, 1.54) is 4.90 Å². The molecule has 0 saturated carbocycles. The van der Waals surface area contributed by atoms with E-state index in [4.69, 9.17) is 11.6 Å². The van der Waals surface area contributed by atoms with Crippen molar-refractivity contribution in [1.29, 1.82) is 0 Å². The van der Waals surface area contributed by atoms with E-state index < -0.39 is 6.04 Å². The average Bonchev–Trinajstić information content (AvgIpc) is 2.81. The van der Waals surface area contributed by atoms with Crippen molar-refractivity contribution in [2.45, 2.75) is 25.8 Å². The first-order chi connectivity index (χ1) is 11.1. The Hall–Kier alpha value is -2.33. The fraction of sp³-hybridized carbons (Fsp3) is 0.222. The van der Waals surface area contributed by atoms with Gasteiger partial charge < -0.3 is 5.32 Å². The SMILES string of the molecule is CCc1ccccc1N1C(=O)NC(Cc2cccc(Cl)c2)C1=O. The number of carbonyl (C=O) groups excluding carboxylic acids is 2.